The van der Waals surface area contributed by atoms with E-state index in [9.17, 15) is 9.59 Å². The van der Waals surface area contributed by atoms with Gasteiger partial charge in [0.15, 0.2) is 0 Å². The molecular weight excluding hydrogens is 252 g/mol. The predicted octanol–water partition coefficient (Wildman–Crippen LogP) is 2.89. The molecular formula is C13H21ClN2O2. The molecule has 1 rings (SSSR count). The number of aromatic nitrogens is 2. The Labute approximate surface area is 112 Å². The summed E-state index contributed by atoms with van der Waals surface area (Å²) in [5, 5.41) is 0.189. The molecule has 102 valence electrons. The molecule has 1 atom stereocenters. The standard InChI is InChI=1S/C13H21ClN2O2/c1-4-7-9(6-3)16-12(17)10(8-5-2)11(14)15-13(16)18/h9H,4-8H2,1-3H3,(H,15,18). The fraction of sp³-hybridized carbons (Fsp3) is 0.692. The maximum Gasteiger partial charge on any atom is 0.329 e. The van der Waals surface area contributed by atoms with E-state index in [-0.39, 0.29) is 16.8 Å². The Morgan fingerprint density at radius 2 is 1.89 bits per heavy atom. The van der Waals surface area contributed by atoms with Gasteiger partial charge in [-0.2, -0.15) is 0 Å². The van der Waals surface area contributed by atoms with Gasteiger partial charge in [0, 0.05) is 6.04 Å². The summed E-state index contributed by atoms with van der Waals surface area (Å²) in [5.41, 5.74) is -0.107. The first-order chi connectivity index (χ1) is 8.56. The lowest BCUT2D eigenvalue weighted by molar-refractivity contribution is 0.416. The highest BCUT2D eigenvalue weighted by atomic mass is 35.5. The molecule has 1 aromatic heterocycles. The second kappa shape index (κ2) is 6.78. The molecule has 1 N–H and O–H groups in total. The highest BCUT2D eigenvalue weighted by molar-refractivity contribution is 6.30. The number of halogens is 1. The van der Waals surface area contributed by atoms with Crippen LogP contribution < -0.4 is 11.2 Å². The zero-order valence-corrected chi connectivity index (χ0v) is 12.0. The van der Waals surface area contributed by atoms with Crippen molar-refractivity contribution in [1.82, 2.24) is 9.55 Å². The topological polar surface area (TPSA) is 54.9 Å². The smallest absolute Gasteiger partial charge is 0.297 e. The first-order valence-electron chi connectivity index (χ1n) is 6.59. The Hall–Kier alpha value is -1.03. The Balaban J connectivity index is 3.39. The number of hydrogen-bond donors (Lipinski definition) is 1. The SMILES string of the molecule is CCCc1c(Cl)[nH]c(=O)n(C(CC)CCC)c1=O. The number of aromatic amines is 1. The molecule has 0 aromatic carbocycles. The summed E-state index contributed by atoms with van der Waals surface area (Å²) in [6, 6.07) is -0.0425. The average molecular weight is 273 g/mol. The van der Waals surface area contributed by atoms with Crippen LogP contribution in [-0.4, -0.2) is 9.55 Å². The second-order valence-corrected chi connectivity index (χ2v) is 4.88. The molecule has 18 heavy (non-hydrogen) atoms. The van der Waals surface area contributed by atoms with Crippen LogP contribution in [0.1, 0.15) is 58.1 Å². The fourth-order valence-corrected chi connectivity index (χ4v) is 2.46. The molecule has 0 saturated heterocycles. The van der Waals surface area contributed by atoms with Crippen molar-refractivity contribution in [2.75, 3.05) is 0 Å². The van der Waals surface area contributed by atoms with Gasteiger partial charge in [-0.05, 0) is 19.3 Å². The molecule has 0 spiro atoms. The Morgan fingerprint density at radius 1 is 1.22 bits per heavy atom. The first kappa shape index (κ1) is 15.0. The van der Waals surface area contributed by atoms with Crippen molar-refractivity contribution in [1.29, 1.82) is 0 Å². The van der Waals surface area contributed by atoms with Crippen LogP contribution in [0.2, 0.25) is 5.15 Å². The van der Waals surface area contributed by atoms with Crippen LogP contribution in [0.15, 0.2) is 9.59 Å². The van der Waals surface area contributed by atoms with Crippen LogP contribution in [0.4, 0.5) is 0 Å². The van der Waals surface area contributed by atoms with Crippen LogP contribution in [-0.2, 0) is 6.42 Å². The van der Waals surface area contributed by atoms with E-state index in [1.165, 1.54) is 4.57 Å². The maximum absolute atomic E-state index is 12.3. The summed E-state index contributed by atoms with van der Waals surface area (Å²) in [6.45, 7) is 6.01. The van der Waals surface area contributed by atoms with Gasteiger partial charge in [0.1, 0.15) is 5.15 Å². The van der Waals surface area contributed by atoms with Crippen molar-refractivity contribution in [3.63, 3.8) is 0 Å². The third-order valence-corrected chi connectivity index (χ3v) is 3.46. The van der Waals surface area contributed by atoms with Crippen LogP contribution in [0.3, 0.4) is 0 Å². The van der Waals surface area contributed by atoms with Crippen molar-refractivity contribution in [2.24, 2.45) is 0 Å². The normalized spacial score (nSPS) is 12.7. The number of rotatable bonds is 6. The average Bonchev–Trinajstić information content (AvgIpc) is 2.33. The lowest BCUT2D eigenvalue weighted by Crippen LogP contribution is -2.40. The summed E-state index contributed by atoms with van der Waals surface area (Å²) in [5.74, 6) is 0. The van der Waals surface area contributed by atoms with E-state index >= 15 is 0 Å². The van der Waals surface area contributed by atoms with Crippen LogP contribution >= 0.6 is 11.6 Å². The molecule has 0 saturated carbocycles. The molecule has 4 nitrogen and oxygen atoms in total. The lowest BCUT2D eigenvalue weighted by atomic mass is 10.1. The molecule has 0 amide bonds. The minimum atomic E-state index is -0.398. The quantitative estimate of drug-likeness (QED) is 0.810. The van der Waals surface area contributed by atoms with Gasteiger partial charge >= 0.3 is 5.69 Å². The highest BCUT2D eigenvalue weighted by Gasteiger charge is 2.17. The zero-order valence-electron chi connectivity index (χ0n) is 11.3. The Morgan fingerprint density at radius 3 is 2.39 bits per heavy atom. The number of H-pyrrole nitrogens is 1. The molecule has 0 aliphatic heterocycles. The molecule has 5 heteroatoms. The van der Waals surface area contributed by atoms with Gasteiger partial charge in [-0.1, -0.05) is 45.2 Å². The summed E-state index contributed by atoms with van der Waals surface area (Å²) in [4.78, 5) is 26.8. The van der Waals surface area contributed by atoms with Gasteiger partial charge in [-0.25, -0.2) is 4.79 Å². The van der Waals surface area contributed by atoms with Crippen LogP contribution in [0.25, 0.3) is 0 Å². The van der Waals surface area contributed by atoms with Gasteiger partial charge in [0.05, 0.1) is 5.56 Å². The Bertz CT molecular complexity index is 505. The summed E-state index contributed by atoms with van der Waals surface area (Å²) in [6.07, 6.45) is 3.95. The molecule has 0 aliphatic carbocycles. The molecule has 0 aliphatic rings. The zero-order chi connectivity index (χ0) is 13.7. The van der Waals surface area contributed by atoms with Crippen molar-refractivity contribution in [3.8, 4) is 0 Å². The van der Waals surface area contributed by atoms with Gasteiger partial charge in [0.2, 0.25) is 0 Å². The van der Waals surface area contributed by atoms with Crippen molar-refractivity contribution < 1.29 is 0 Å². The van der Waals surface area contributed by atoms with E-state index in [4.69, 9.17) is 11.6 Å². The van der Waals surface area contributed by atoms with E-state index in [0.717, 1.165) is 25.7 Å². The minimum Gasteiger partial charge on any atom is -0.297 e. The van der Waals surface area contributed by atoms with Gasteiger partial charge in [-0.3, -0.25) is 14.3 Å². The molecule has 0 fully saturated rings. The van der Waals surface area contributed by atoms with Crippen molar-refractivity contribution in [2.45, 2.75) is 58.9 Å². The minimum absolute atomic E-state index is 0.0425. The number of nitrogens with zero attached hydrogens (tertiary/aromatic N) is 1. The summed E-state index contributed by atoms with van der Waals surface area (Å²) < 4.78 is 1.33. The summed E-state index contributed by atoms with van der Waals surface area (Å²) in [7, 11) is 0. The molecule has 0 radical (unpaired) electrons. The van der Waals surface area contributed by atoms with E-state index < -0.39 is 5.69 Å². The van der Waals surface area contributed by atoms with Crippen LogP contribution in [0, 0.1) is 0 Å². The number of hydrogen-bond acceptors (Lipinski definition) is 2. The molecule has 1 heterocycles. The van der Waals surface area contributed by atoms with E-state index in [1.807, 2.05) is 20.8 Å². The molecule has 1 unspecified atom stereocenters. The van der Waals surface area contributed by atoms with E-state index in [0.29, 0.717) is 12.0 Å². The van der Waals surface area contributed by atoms with Crippen molar-refractivity contribution in [3.05, 3.63) is 31.6 Å². The number of nitrogens with one attached hydrogen (secondary N) is 1. The third kappa shape index (κ3) is 3.05. The second-order valence-electron chi connectivity index (χ2n) is 4.50. The lowest BCUT2D eigenvalue weighted by Gasteiger charge is -2.17. The third-order valence-electron chi connectivity index (χ3n) is 3.14. The molecule has 0 bridgehead atoms. The van der Waals surface area contributed by atoms with Gasteiger partial charge < -0.3 is 0 Å². The highest BCUT2D eigenvalue weighted by Crippen LogP contribution is 2.15. The summed E-state index contributed by atoms with van der Waals surface area (Å²) >= 11 is 5.94. The fourth-order valence-electron chi connectivity index (χ4n) is 2.21. The van der Waals surface area contributed by atoms with Gasteiger partial charge in [0.25, 0.3) is 5.56 Å². The van der Waals surface area contributed by atoms with Crippen molar-refractivity contribution >= 4 is 11.6 Å². The van der Waals surface area contributed by atoms with Gasteiger partial charge in [-0.15, -0.1) is 0 Å². The predicted molar refractivity (Wildman–Crippen MR) is 74.6 cm³/mol. The van der Waals surface area contributed by atoms with E-state index in [2.05, 4.69) is 4.98 Å². The monoisotopic (exact) mass is 272 g/mol. The Kier molecular flexibility index (Phi) is 5.66. The first-order valence-corrected chi connectivity index (χ1v) is 6.97. The van der Waals surface area contributed by atoms with E-state index in [1.54, 1.807) is 0 Å². The maximum atomic E-state index is 12.3. The van der Waals surface area contributed by atoms with Crippen LogP contribution in [0.5, 0.6) is 0 Å². The largest absolute Gasteiger partial charge is 0.329 e. The molecule has 1 aromatic rings.